The molecule has 280 valence electrons. The van der Waals surface area contributed by atoms with Crippen LogP contribution < -0.4 is 32.3 Å². The first kappa shape index (κ1) is 40.4. The molecule has 0 aliphatic carbocycles. The van der Waals surface area contributed by atoms with E-state index in [-0.39, 0.29) is 63.3 Å². The Kier molecular flexibility index (Phi) is 15.3. The number of carbonyl (C=O) groups excluding carboxylic acids is 7. The van der Waals surface area contributed by atoms with Gasteiger partial charge < -0.3 is 52.0 Å². The Morgan fingerprint density at radius 1 is 1.00 bits per heavy atom. The van der Waals surface area contributed by atoms with E-state index in [1.165, 1.54) is 19.1 Å². The van der Waals surface area contributed by atoms with E-state index in [4.69, 9.17) is 15.2 Å². The van der Waals surface area contributed by atoms with Crippen molar-refractivity contribution in [2.24, 2.45) is 5.73 Å². The van der Waals surface area contributed by atoms with Crippen molar-refractivity contribution in [3.8, 4) is 0 Å². The average molecular weight is 718 g/mol. The standard InChI is InChI=1S/C33H47N7O11/c1-20(36-24(41)8-4-3-5-17-40-25(42)13-14-26(40)43)28(45)38-23(7-6-16-35-31(34)48)29(46)37-22-11-9-21(10-12-22)19-51-32(49)39-33(2)15-18-50-30(47)27(33)44/h9-14,20,23,27,30,44,47H,3-8,15-19H2,1-2H3,(H,36,41)(H,37,46)(H,38,45)(H,39,49)(H3,34,35,48)/t20-,23-,27+,30+,33-/m0/s1. The lowest BCUT2D eigenvalue weighted by Gasteiger charge is -2.40. The maximum Gasteiger partial charge on any atom is 0.407 e. The number of ether oxygens (including phenoxy) is 2. The van der Waals surface area contributed by atoms with Crippen LogP contribution in [0.4, 0.5) is 15.3 Å². The summed E-state index contributed by atoms with van der Waals surface area (Å²) in [6.45, 7) is 3.48. The summed E-state index contributed by atoms with van der Waals surface area (Å²) in [5.41, 5.74) is 4.93. The number of aliphatic hydroxyl groups is 2. The monoisotopic (exact) mass is 717 g/mol. The molecule has 2 aliphatic rings. The highest BCUT2D eigenvalue weighted by Gasteiger charge is 2.43. The number of nitrogens with zero attached hydrogens (tertiary/aromatic N) is 1. The van der Waals surface area contributed by atoms with Gasteiger partial charge in [-0.05, 0) is 63.6 Å². The van der Waals surface area contributed by atoms with Gasteiger partial charge >= 0.3 is 12.1 Å². The van der Waals surface area contributed by atoms with Crippen LogP contribution in [-0.2, 0) is 40.1 Å². The molecule has 2 heterocycles. The van der Waals surface area contributed by atoms with Crippen molar-refractivity contribution < 1.29 is 53.2 Å². The number of anilines is 1. The van der Waals surface area contributed by atoms with E-state index >= 15 is 0 Å². The second kappa shape index (κ2) is 19.4. The molecule has 1 fully saturated rings. The van der Waals surface area contributed by atoms with Crippen LogP contribution in [0.1, 0.15) is 64.4 Å². The Morgan fingerprint density at radius 2 is 1.69 bits per heavy atom. The molecule has 1 saturated heterocycles. The van der Waals surface area contributed by atoms with Crippen LogP contribution in [0.5, 0.6) is 0 Å². The van der Waals surface area contributed by atoms with Crippen molar-refractivity contribution in [3.05, 3.63) is 42.0 Å². The van der Waals surface area contributed by atoms with Crippen LogP contribution in [0.25, 0.3) is 0 Å². The second-order valence-corrected chi connectivity index (χ2v) is 12.5. The summed E-state index contributed by atoms with van der Waals surface area (Å²) in [7, 11) is 0. The Bertz CT molecular complexity index is 1440. The van der Waals surface area contributed by atoms with Crippen LogP contribution in [0.3, 0.4) is 0 Å². The number of unbranched alkanes of at least 4 members (excludes halogenated alkanes) is 2. The summed E-state index contributed by atoms with van der Waals surface area (Å²) in [6, 6.07) is 3.63. The number of nitrogens with one attached hydrogen (secondary N) is 5. The molecule has 51 heavy (non-hydrogen) atoms. The summed E-state index contributed by atoms with van der Waals surface area (Å²) >= 11 is 0. The number of primary amides is 1. The van der Waals surface area contributed by atoms with E-state index in [1.54, 1.807) is 31.2 Å². The fourth-order valence-corrected chi connectivity index (χ4v) is 5.26. The van der Waals surface area contributed by atoms with Crippen molar-refractivity contribution in [2.45, 2.75) is 95.4 Å². The SMILES string of the molecule is C[C@H](NC(=O)CCCCCN1C(=O)C=CC1=O)C(=O)N[C@@H](CCCNC(N)=O)C(=O)Nc1ccc(COC(=O)N[C@@]2(C)CCO[C@@H](O)[C@H]2O)cc1. The fourth-order valence-electron chi connectivity index (χ4n) is 5.26. The number of alkyl carbamates (subject to hydrolysis) is 1. The molecule has 5 atom stereocenters. The van der Waals surface area contributed by atoms with Gasteiger partial charge in [-0.3, -0.25) is 28.9 Å². The molecule has 0 radical (unpaired) electrons. The van der Waals surface area contributed by atoms with Crippen LogP contribution in [0.15, 0.2) is 36.4 Å². The summed E-state index contributed by atoms with van der Waals surface area (Å²) in [6.07, 6.45) is 1.26. The number of carbonyl (C=O) groups is 7. The van der Waals surface area contributed by atoms with Crippen LogP contribution in [0, 0.1) is 0 Å². The minimum absolute atomic E-state index is 0.119. The summed E-state index contributed by atoms with van der Waals surface area (Å²) in [5.74, 6) is -2.26. The van der Waals surface area contributed by atoms with Gasteiger partial charge in [-0.25, -0.2) is 9.59 Å². The minimum Gasteiger partial charge on any atom is -0.445 e. The molecule has 3 rings (SSSR count). The van der Waals surface area contributed by atoms with Gasteiger partial charge in [0.05, 0.1) is 12.1 Å². The predicted molar refractivity (Wildman–Crippen MR) is 180 cm³/mol. The number of urea groups is 1. The lowest BCUT2D eigenvalue weighted by atomic mass is 9.89. The third-order valence-electron chi connectivity index (χ3n) is 8.37. The van der Waals surface area contributed by atoms with Crippen molar-refractivity contribution >= 4 is 47.3 Å². The van der Waals surface area contributed by atoms with Crippen molar-refractivity contribution in [1.82, 2.24) is 26.2 Å². The lowest BCUT2D eigenvalue weighted by molar-refractivity contribution is -0.212. The predicted octanol–water partition coefficient (Wildman–Crippen LogP) is -0.367. The van der Waals surface area contributed by atoms with Crippen LogP contribution in [-0.4, -0.2) is 106 Å². The molecule has 0 saturated carbocycles. The van der Waals surface area contributed by atoms with E-state index in [2.05, 4.69) is 26.6 Å². The van der Waals surface area contributed by atoms with Crippen molar-refractivity contribution in [3.63, 3.8) is 0 Å². The first-order valence-corrected chi connectivity index (χ1v) is 16.7. The Morgan fingerprint density at radius 3 is 2.35 bits per heavy atom. The quantitative estimate of drug-likeness (QED) is 0.0717. The molecule has 1 aromatic rings. The molecule has 1 aromatic carbocycles. The molecule has 0 spiro atoms. The normalized spacial score (nSPS) is 21.0. The highest BCUT2D eigenvalue weighted by molar-refractivity contribution is 6.12. The van der Waals surface area contributed by atoms with E-state index in [9.17, 15) is 43.8 Å². The largest absolute Gasteiger partial charge is 0.445 e. The molecule has 8 amide bonds. The smallest absolute Gasteiger partial charge is 0.407 e. The number of amides is 8. The van der Waals surface area contributed by atoms with Crippen molar-refractivity contribution in [1.29, 1.82) is 0 Å². The highest BCUT2D eigenvalue weighted by Crippen LogP contribution is 2.24. The first-order chi connectivity index (χ1) is 24.2. The van der Waals surface area contributed by atoms with Crippen LogP contribution in [0.2, 0.25) is 0 Å². The zero-order valence-corrected chi connectivity index (χ0v) is 28.6. The minimum atomic E-state index is -1.43. The number of hydrogen-bond acceptors (Lipinski definition) is 11. The third kappa shape index (κ3) is 13.0. The molecular formula is C33H47N7O11. The number of nitrogens with two attached hydrogens (primary N) is 1. The Labute approximate surface area is 294 Å². The van der Waals surface area contributed by atoms with Gasteiger partial charge in [-0.1, -0.05) is 18.6 Å². The van der Waals surface area contributed by atoms with Crippen LogP contribution >= 0.6 is 0 Å². The molecular weight excluding hydrogens is 670 g/mol. The summed E-state index contributed by atoms with van der Waals surface area (Å²) in [5, 5.41) is 32.9. The number of hydrogen-bond donors (Lipinski definition) is 8. The van der Waals surface area contributed by atoms with Gasteiger partial charge in [0.25, 0.3) is 11.8 Å². The van der Waals surface area contributed by atoms with E-state index in [1.807, 2.05) is 0 Å². The maximum atomic E-state index is 13.2. The van der Waals surface area contributed by atoms with Gasteiger partial charge in [-0.15, -0.1) is 0 Å². The van der Waals surface area contributed by atoms with Gasteiger partial charge in [-0.2, -0.15) is 0 Å². The fraction of sp³-hybridized carbons (Fsp3) is 0.545. The van der Waals surface area contributed by atoms with Gasteiger partial charge in [0.15, 0.2) is 6.29 Å². The average Bonchev–Trinajstić information content (AvgIpc) is 3.40. The van der Waals surface area contributed by atoms with Crippen molar-refractivity contribution in [2.75, 3.05) is 25.0 Å². The first-order valence-electron chi connectivity index (χ1n) is 16.7. The van der Waals surface area contributed by atoms with E-state index < -0.39 is 54.0 Å². The Balaban J connectivity index is 1.46. The Hall–Kier alpha value is -5.07. The lowest BCUT2D eigenvalue weighted by Crippen LogP contribution is -2.62. The van der Waals surface area contributed by atoms with E-state index in [0.717, 1.165) is 4.90 Å². The maximum absolute atomic E-state index is 13.2. The highest BCUT2D eigenvalue weighted by atomic mass is 16.6. The number of benzene rings is 1. The van der Waals surface area contributed by atoms with Gasteiger partial charge in [0, 0.05) is 37.3 Å². The molecule has 2 aliphatic heterocycles. The molecule has 18 heteroatoms. The molecule has 0 aromatic heterocycles. The summed E-state index contributed by atoms with van der Waals surface area (Å²) < 4.78 is 10.2. The topological polar surface area (TPSA) is 268 Å². The van der Waals surface area contributed by atoms with Gasteiger partial charge in [0.2, 0.25) is 17.7 Å². The number of aliphatic hydroxyl groups excluding tert-OH is 2. The second-order valence-electron chi connectivity index (χ2n) is 12.5. The van der Waals surface area contributed by atoms with Gasteiger partial charge in [0.1, 0.15) is 24.8 Å². The molecule has 9 N–H and O–H groups in total. The summed E-state index contributed by atoms with van der Waals surface area (Å²) in [4.78, 5) is 86.4. The van der Waals surface area contributed by atoms with E-state index in [0.29, 0.717) is 36.9 Å². The molecule has 0 bridgehead atoms. The third-order valence-corrected chi connectivity index (χ3v) is 8.37. The molecule has 0 unspecified atom stereocenters. The zero-order valence-electron chi connectivity index (χ0n) is 28.6. The molecule has 18 nitrogen and oxygen atoms in total. The number of rotatable bonds is 18. The number of imide groups is 1. The zero-order chi connectivity index (χ0) is 37.6.